The van der Waals surface area contributed by atoms with Crippen molar-refractivity contribution in [3.05, 3.63) is 54.6 Å². The zero-order valence-electron chi connectivity index (χ0n) is 19.0. The number of ether oxygens (including phenoxy) is 1. The van der Waals surface area contributed by atoms with Gasteiger partial charge in [0, 0.05) is 29.9 Å². The van der Waals surface area contributed by atoms with Gasteiger partial charge in [-0.25, -0.2) is 19.2 Å². The SMILES string of the molecule is O=C(CO)N1CCN(c2ccc(-c3ccc(N4C[C@H](CNc5ccno5)OC4=O)cc3F)cn2)C=N1. The van der Waals surface area contributed by atoms with Crippen molar-refractivity contribution >= 4 is 35.7 Å². The van der Waals surface area contributed by atoms with Gasteiger partial charge in [-0.3, -0.25) is 9.69 Å². The van der Waals surface area contributed by atoms with Gasteiger partial charge in [0.25, 0.3) is 5.91 Å². The molecule has 0 saturated carbocycles. The second-order valence-corrected chi connectivity index (χ2v) is 8.04. The Hall–Kier alpha value is -4.52. The van der Waals surface area contributed by atoms with Crippen molar-refractivity contribution < 1.29 is 28.3 Å². The Bertz CT molecular complexity index is 1270. The molecule has 2 aliphatic rings. The van der Waals surface area contributed by atoms with E-state index in [0.717, 1.165) is 0 Å². The Balaban J connectivity index is 1.24. The Kier molecular flexibility index (Phi) is 6.45. The first-order valence-corrected chi connectivity index (χ1v) is 11.1. The first kappa shape index (κ1) is 23.2. The van der Waals surface area contributed by atoms with Gasteiger partial charge in [0.2, 0.25) is 5.88 Å². The Morgan fingerprint density at radius 1 is 1.22 bits per heavy atom. The molecule has 1 atom stereocenters. The summed E-state index contributed by atoms with van der Waals surface area (Å²) in [6, 6.07) is 9.65. The van der Waals surface area contributed by atoms with Crippen LogP contribution in [0.4, 0.5) is 26.6 Å². The molecule has 4 heterocycles. The maximum atomic E-state index is 15.0. The molecular weight excluding hydrogens is 473 g/mol. The van der Waals surface area contributed by atoms with E-state index in [9.17, 15) is 9.59 Å². The number of aliphatic hydroxyl groups excluding tert-OH is 1. The number of amides is 2. The van der Waals surface area contributed by atoms with Crippen molar-refractivity contribution in [2.75, 3.05) is 47.9 Å². The smallest absolute Gasteiger partial charge is 0.414 e. The van der Waals surface area contributed by atoms with Crippen LogP contribution in [0.2, 0.25) is 0 Å². The molecule has 1 fully saturated rings. The van der Waals surface area contributed by atoms with E-state index in [1.54, 1.807) is 41.4 Å². The zero-order chi connectivity index (χ0) is 25.1. The van der Waals surface area contributed by atoms with Crippen LogP contribution in [0.1, 0.15) is 0 Å². The van der Waals surface area contributed by atoms with E-state index in [4.69, 9.17) is 14.4 Å². The fraction of sp³-hybridized carbons (Fsp3) is 0.261. The van der Waals surface area contributed by atoms with Crippen LogP contribution in [-0.2, 0) is 9.53 Å². The molecule has 13 heteroatoms. The van der Waals surface area contributed by atoms with Crippen molar-refractivity contribution in [1.29, 1.82) is 0 Å². The van der Waals surface area contributed by atoms with E-state index >= 15 is 4.39 Å². The van der Waals surface area contributed by atoms with E-state index in [1.807, 2.05) is 0 Å². The molecule has 3 aromatic rings. The van der Waals surface area contributed by atoms with Crippen molar-refractivity contribution in [2.24, 2.45) is 5.10 Å². The molecular formula is C23H22FN7O5. The lowest BCUT2D eigenvalue weighted by molar-refractivity contribution is -0.134. The zero-order valence-corrected chi connectivity index (χ0v) is 19.0. The number of rotatable bonds is 7. The summed E-state index contributed by atoms with van der Waals surface area (Å²) < 4.78 is 25.3. The molecule has 0 bridgehead atoms. The Morgan fingerprint density at radius 3 is 2.78 bits per heavy atom. The minimum Gasteiger partial charge on any atom is -0.442 e. The standard InChI is InChI=1S/C23H22FN7O5/c24-19-9-16(30-12-17(35-23(30)34)11-26-21-5-6-28-36-21)2-3-18(19)15-1-4-20(25-10-15)29-7-8-31(27-14-29)22(33)13-32/h1-6,9-10,14,17,26,32H,7-8,11-13H2/t17-/m0/s1. The van der Waals surface area contributed by atoms with Crippen LogP contribution in [0.25, 0.3) is 11.1 Å². The van der Waals surface area contributed by atoms with E-state index in [-0.39, 0.29) is 6.54 Å². The summed E-state index contributed by atoms with van der Waals surface area (Å²) in [7, 11) is 0. The number of aromatic nitrogens is 2. The quantitative estimate of drug-likeness (QED) is 0.503. The molecule has 2 N–H and O–H groups in total. The summed E-state index contributed by atoms with van der Waals surface area (Å²) in [5.74, 6) is 0.0657. The summed E-state index contributed by atoms with van der Waals surface area (Å²) in [5.41, 5.74) is 1.28. The molecule has 0 aliphatic carbocycles. The molecule has 0 spiro atoms. The molecule has 2 aliphatic heterocycles. The lowest BCUT2D eigenvalue weighted by Crippen LogP contribution is -2.41. The molecule has 2 amide bonds. The Morgan fingerprint density at radius 2 is 2.11 bits per heavy atom. The summed E-state index contributed by atoms with van der Waals surface area (Å²) in [6.07, 6.45) is 3.51. The number of nitrogens with one attached hydrogen (secondary N) is 1. The lowest BCUT2D eigenvalue weighted by atomic mass is 10.1. The number of pyridine rings is 1. The average molecular weight is 495 g/mol. The van der Waals surface area contributed by atoms with Crippen LogP contribution in [0.15, 0.2) is 58.4 Å². The molecule has 0 radical (unpaired) electrons. The van der Waals surface area contributed by atoms with Crippen molar-refractivity contribution in [1.82, 2.24) is 15.1 Å². The molecule has 5 rings (SSSR count). The van der Waals surface area contributed by atoms with E-state index < -0.39 is 30.5 Å². The summed E-state index contributed by atoms with van der Waals surface area (Å²) >= 11 is 0. The minimum atomic E-state index is -0.602. The highest BCUT2D eigenvalue weighted by Crippen LogP contribution is 2.29. The largest absolute Gasteiger partial charge is 0.442 e. The molecule has 12 nitrogen and oxygen atoms in total. The highest BCUT2D eigenvalue weighted by atomic mass is 19.1. The highest BCUT2D eigenvalue weighted by molar-refractivity contribution is 5.90. The third kappa shape index (κ3) is 4.81. The molecule has 2 aromatic heterocycles. The van der Waals surface area contributed by atoms with Gasteiger partial charge < -0.3 is 24.6 Å². The number of aliphatic hydroxyl groups is 1. The number of carbonyl (C=O) groups excluding carboxylic acids is 2. The van der Waals surface area contributed by atoms with Crippen LogP contribution >= 0.6 is 0 Å². The van der Waals surface area contributed by atoms with Gasteiger partial charge in [-0.15, -0.1) is 0 Å². The first-order valence-electron chi connectivity index (χ1n) is 11.1. The normalized spacial score (nSPS) is 17.4. The predicted molar refractivity (Wildman–Crippen MR) is 127 cm³/mol. The fourth-order valence-corrected chi connectivity index (χ4v) is 3.87. The van der Waals surface area contributed by atoms with E-state index in [1.165, 1.54) is 28.5 Å². The number of nitrogens with zero attached hydrogens (tertiary/aromatic N) is 6. The lowest BCUT2D eigenvalue weighted by Gasteiger charge is -2.27. The number of halogens is 1. The third-order valence-corrected chi connectivity index (χ3v) is 5.74. The maximum Gasteiger partial charge on any atom is 0.414 e. The Labute approximate surface area is 204 Å². The van der Waals surface area contributed by atoms with Gasteiger partial charge in [0.1, 0.15) is 30.7 Å². The number of cyclic esters (lactones) is 1. The van der Waals surface area contributed by atoms with Gasteiger partial charge in [0.15, 0.2) is 0 Å². The molecule has 1 saturated heterocycles. The number of hydrazone groups is 1. The second kappa shape index (κ2) is 10.00. The molecule has 36 heavy (non-hydrogen) atoms. The van der Waals surface area contributed by atoms with Crippen LogP contribution in [0.5, 0.6) is 0 Å². The van der Waals surface area contributed by atoms with Gasteiger partial charge in [-0.1, -0.05) is 5.16 Å². The van der Waals surface area contributed by atoms with Gasteiger partial charge >= 0.3 is 6.09 Å². The van der Waals surface area contributed by atoms with Gasteiger partial charge in [0.05, 0.1) is 31.5 Å². The van der Waals surface area contributed by atoms with Gasteiger partial charge in [-0.05, 0) is 30.3 Å². The molecule has 1 aromatic carbocycles. The predicted octanol–water partition coefficient (Wildman–Crippen LogP) is 1.90. The summed E-state index contributed by atoms with van der Waals surface area (Å²) in [4.78, 5) is 31.4. The van der Waals surface area contributed by atoms with E-state index in [2.05, 4.69) is 20.6 Å². The first-order chi connectivity index (χ1) is 17.5. The average Bonchev–Trinajstić information content (AvgIpc) is 3.56. The monoisotopic (exact) mass is 495 g/mol. The van der Waals surface area contributed by atoms with Gasteiger partial charge in [-0.2, -0.15) is 5.10 Å². The number of anilines is 3. The van der Waals surface area contributed by atoms with Crippen LogP contribution in [0.3, 0.4) is 0 Å². The minimum absolute atomic E-state index is 0.258. The van der Waals surface area contributed by atoms with Crippen molar-refractivity contribution in [3.8, 4) is 11.1 Å². The molecule has 0 unspecified atom stereocenters. The summed E-state index contributed by atoms with van der Waals surface area (Å²) in [5, 5.41) is 20.7. The number of benzene rings is 1. The van der Waals surface area contributed by atoms with Crippen LogP contribution < -0.4 is 15.1 Å². The summed E-state index contributed by atoms with van der Waals surface area (Å²) in [6.45, 7) is 0.743. The number of carbonyl (C=O) groups is 2. The van der Waals surface area contributed by atoms with Crippen molar-refractivity contribution in [3.63, 3.8) is 0 Å². The van der Waals surface area contributed by atoms with E-state index in [0.29, 0.717) is 48.2 Å². The van der Waals surface area contributed by atoms with Crippen LogP contribution in [0, 0.1) is 5.82 Å². The third-order valence-electron chi connectivity index (χ3n) is 5.74. The molecule has 186 valence electrons. The second-order valence-electron chi connectivity index (χ2n) is 8.04. The maximum absolute atomic E-state index is 15.0. The fourth-order valence-electron chi connectivity index (χ4n) is 3.87. The van der Waals surface area contributed by atoms with Crippen LogP contribution in [-0.4, -0.2) is 77.5 Å². The number of hydrogen-bond acceptors (Lipinski definition) is 10. The number of hydrogen-bond donors (Lipinski definition) is 2. The topological polar surface area (TPSA) is 137 Å². The highest BCUT2D eigenvalue weighted by Gasteiger charge is 2.32. The van der Waals surface area contributed by atoms with Crippen molar-refractivity contribution in [2.45, 2.75) is 6.10 Å².